The molecule has 0 atom stereocenters. The largest absolute Gasteiger partial charge is 0.573 e. The van der Waals surface area contributed by atoms with Crippen LogP contribution in [0.25, 0.3) is 0 Å². The SMILES string of the molecule is COCCC1(CNC(N)=NCc2ccc(OC(F)(F)F)cc2)CC1. The first kappa shape index (κ1) is 18.4. The van der Waals surface area contributed by atoms with Gasteiger partial charge in [0.1, 0.15) is 5.75 Å². The molecule has 1 aliphatic rings. The van der Waals surface area contributed by atoms with E-state index in [1.165, 1.54) is 24.3 Å². The molecule has 1 saturated carbocycles. The highest BCUT2D eigenvalue weighted by atomic mass is 19.4. The number of ether oxygens (including phenoxy) is 2. The lowest BCUT2D eigenvalue weighted by Gasteiger charge is -2.15. The van der Waals surface area contributed by atoms with Crippen molar-refractivity contribution in [2.75, 3.05) is 20.3 Å². The van der Waals surface area contributed by atoms with Gasteiger partial charge in [-0.2, -0.15) is 0 Å². The molecule has 0 bridgehead atoms. The van der Waals surface area contributed by atoms with E-state index in [4.69, 9.17) is 10.5 Å². The first-order valence-corrected chi connectivity index (χ1v) is 7.69. The van der Waals surface area contributed by atoms with E-state index in [0.29, 0.717) is 5.96 Å². The van der Waals surface area contributed by atoms with Gasteiger partial charge in [-0.25, -0.2) is 4.99 Å². The number of halogens is 3. The second-order valence-corrected chi connectivity index (χ2v) is 5.99. The Morgan fingerprint density at radius 3 is 2.50 bits per heavy atom. The zero-order valence-electron chi connectivity index (χ0n) is 13.5. The Balaban J connectivity index is 1.78. The maximum atomic E-state index is 12.1. The van der Waals surface area contributed by atoms with Crippen molar-refractivity contribution in [1.29, 1.82) is 0 Å². The third kappa shape index (κ3) is 6.27. The van der Waals surface area contributed by atoms with E-state index in [1.807, 2.05) is 0 Å². The molecule has 5 nitrogen and oxygen atoms in total. The molecule has 3 N–H and O–H groups in total. The molecule has 24 heavy (non-hydrogen) atoms. The summed E-state index contributed by atoms with van der Waals surface area (Å²) in [7, 11) is 1.68. The van der Waals surface area contributed by atoms with Crippen LogP contribution in [-0.4, -0.2) is 32.6 Å². The highest BCUT2D eigenvalue weighted by Gasteiger charge is 2.41. The number of hydrogen-bond donors (Lipinski definition) is 2. The lowest BCUT2D eigenvalue weighted by molar-refractivity contribution is -0.274. The molecule has 0 spiro atoms. The minimum atomic E-state index is -4.68. The summed E-state index contributed by atoms with van der Waals surface area (Å²) in [4.78, 5) is 4.20. The summed E-state index contributed by atoms with van der Waals surface area (Å²) < 4.78 is 45.2. The summed E-state index contributed by atoms with van der Waals surface area (Å²) in [5.41, 5.74) is 6.83. The third-order valence-corrected chi connectivity index (χ3v) is 4.03. The van der Waals surface area contributed by atoms with Crippen LogP contribution in [0.4, 0.5) is 13.2 Å². The quantitative estimate of drug-likeness (QED) is 0.562. The van der Waals surface area contributed by atoms with Crippen LogP contribution in [0.5, 0.6) is 5.75 Å². The van der Waals surface area contributed by atoms with Crippen molar-refractivity contribution in [2.45, 2.75) is 32.2 Å². The van der Waals surface area contributed by atoms with Crippen molar-refractivity contribution >= 4 is 5.96 Å². The van der Waals surface area contributed by atoms with E-state index in [0.717, 1.165) is 38.0 Å². The number of methoxy groups -OCH3 is 1. The fourth-order valence-electron chi connectivity index (χ4n) is 2.32. The van der Waals surface area contributed by atoms with Crippen LogP contribution in [0.15, 0.2) is 29.3 Å². The standard InChI is InChI=1S/C16H22F3N3O2/c1-23-9-8-15(6-7-15)11-22-14(20)21-10-12-2-4-13(5-3-12)24-16(17,18)19/h2-5H,6-11H2,1H3,(H3,20,21,22). The van der Waals surface area contributed by atoms with E-state index in [1.54, 1.807) is 7.11 Å². The zero-order valence-corrected chi connectivity index (χ0v) is 13.5. The molecule has 0 radical (unpaired) electrons. The predicted molar refractivity (Wildman–Crippen MR) is 84.6 cm³/mol. The maximum Gasteiger partial charge on any atom is 0.573 e. The van der Waals surface area contributed by atoms with E-state index in [-0.39, 0.29) is 17.7 Å². The Kier molecular flexibility index (Phi) is 5.93. The number of nitrogens with zero attached hydrogens (tertiary/aromatic N) is 1. The van der Waals surface area contributed by atoms with Gasteiger partial charge in [0, 0.05) is 20.3 Å². The van der Waals surface area contributed by atoms with E-state index in [9.17, 15) is 13.2 Å². The predicted octanol–water partition coefficient (Wildman–Crippen LogP) is 2.81. The van der Waals surface area contributed by atoms with Gasteiger partial charge in [-0.1, -0.05) is 12.1 Å². The van der Waals surface area contributed by atoms with Gasteiger partial charge >= 0.3 is 6.36 Å². The van der Waals surface area contributed by atoms with Gasteiger partial charge in [0.25, 0.3) is 0 Å². The topological polar surface area (TPSA) is 68.9 Å². The molecule has 8 heteroatoms. The van der Waals surface area contributed by atoms with Gasteiger partial charge in [0.05, 0.1) is 6.54 Å². The van der Waals surface area contributed by atoms with Crippen LogP contribution in [0.3, 0.4) is 0 Å². The van der Waals surface area contributed by atoms with Crippen molar-refractivity contribution in [3.05, 3.63) is 29.8 Å². The Labute approximate surface area is 139 Å². The molecule has 134 valence electrons. The summed E-state index contributed by atoms with van der Waals surface area (Å²) >= 11 is 0. The summed E-state index contributed by atoms with van der Waals surface area (Å²) in [6.45, 7) is 1.77. The molecule has 0 unspecified atom stereocenters. The van der Waals surface area contributed by atoms with Crippen LogP contribution in [0.2, 0.25) is 0 Å². The van der Waals surface area contributed by atoms with Gasteiger partial charge < -0.3 is 20.5 Å². The van der Waals surface area contributed by atoms with E-state index >= 15 is 0 Å². The average molecular weight is 345 g/mol. The Morgan fingerprint density at radius 2 is 1.96 bits per heavy atom. The van der Waals surface area contributed by atoms with Crippen LogP contribution >= 0.6 is 0 Å². The lowest BCUT2D eigenvalue weighted by Crippen LogP contribution is -2.36. The Bertz CT molecular complexity index is 555. The molecule has 0 heterocycles. The normalized spacial score (nSPS) is 16.8. The minimum Gasteiger partial charge on any atom is -0.406 e. The summed E-state index contributed by atoms with van der Waals surface area (Å²) in [6, 6.07) is 5.56. The first-order chi connectivity index (χ1) is 11.3. The molecule has 0 amide bonds. The molecule has 2 rings (SSSR count). The van der Waals surface area contributed by atoms with Gasteiger partial charge in [-0.05, 0) is 42.4 Å². The molecule has 1 aromatic carbocycles. The number of nitrogens with one attached hydrogen (secondary N) is 1. The second kappa shape index (κ2) is 7.74. The number of nitrogens with two attached hydrogens (primary N) is 1. The van der Waals surface area contributed by atoms with Crippen LogP contribution in [-0.2, 0) is 11.3 Å². The number of benzene rings is 1. The Hall–Kier alpha value is -1.96. The smallest absolute Gasteiger partial charge is 0.406 e. The van der Waals surface area contributed by atoms with E-state index in [2.05, 4.69) is 15.0 Å². The number of hydrogen-bond acceptors (Lipinski definition) is 3. The molecule has 0 aromatic heterocycles. The molecule has 1 aromatic rings. The monoisotopic (exact) mass is 345 g/mol. The average Bonchev–Trinajstić information content (AvgIpc) is 3.29. The van der Waals surface area contributed by atoms with Gasteiger partial charge in [0.2, 0.25) is 0 Å². The summed E-state index contributed by atoms with van der Waals surface area (Å²) in [5, 5.41) is 3.11. The van der Waals surface area contributed by atoms with E-state index < -0.39 is 6.36 Å². The zero-order chi connectivity index (χ0) is 17.6. The van der Waals surface area contributed by atoms with Crippen LogP contribution in [0, 0.1) is 5.41 Å². The number of guanidine groups is 1. The molecule has 1 fully saturated rings. The van der Waals surface area contributed by atoms with Crippen molar-refractivity contribution in [3.63, 3.8) is 0 Å². The Morgan fingerprint density at radius 1 is 1.29 bits per heavy atom. The number of alkyl halides is 3. The molecular formula is C16H22F3N3O2. The molecule has 0 aliphatic heterocycles. The third-order valence-electron chi connectivity index (χ3n) is 4.03. The summed E-state index contributed by atoms with van der Waals surface area (Å²) in [6.07, 6.45) is -1.39. The fourth-order valence-corrected chi connectivity index (χ4v) is 2.32. The first-order valence-electron chi connectivity index (χ1n) is 7.69. The van der Waals surface area contributed by atoms with Gasteiger partial charge in [-0.3, -0.25) is 0 Å². The number of rotatable bonds is 8. The molecule has 0 saturated heterocycles. The summed E-state index contributed by atoms with van der Waals surface area (Å²) in [5.74, 6) is 0.0736. The molecular weight excluding hydrogens is 323 g/mol. The molecule has 1 aliphatic carbocycles. The number of aliphatic imine (C=N–C) groups is 1. The van der Waals surface area contributed by atoms with Crippen molar-refractivity contribution in [2.24, 2.45) is 16.1 Å². The highest BCUT2D eigenvalue weighted by molar-refractivity contribution is 5.77. The van der Waals surface area contributed by atoms with Crippen LogP contribution in [0.1, 0.15) is 24.8 Å². The van der Waals surface area contributed by atoms with Gasteiger partial charge in [-0.15, -0.1) is 13.2 Å². The van der Waals surface area contributed by atoms with Crippen molar-refractivity contribution in [1.82, 2.24) is 5.32 Å². The maximum absolute atomic E-state index is 12.1. The highest BCUT2D eigenvalue weighted by Crippen LogP contribution is 2.48. The minimum absolute atomic E-state index is 0.254. The van der Waals surface area contributed by atoms with Crippen molar-refractivity contribution in [3.8, 4) is 5.75 Å². The second-order valence-electron chi connectivity index (χ2n) is 5.99. The fraction of sp³-hybridized carbons (Fsp3) is 0.562. The lowest BCUT2D eigenvalue weighted by atomic mass is 10.0. The van der Waals surface area contributed by atoms with Gasteiger partial charge in [0.15, 0.2) is 5.96 Å². The van der Waals surface area contributed by atoms with Crippen molar-refractivity contribution < 1.29 is 22.6 Å². The van der Waals surface area contributed by atoms with Crippen LogP contribution < -0.4 is 15.8 Å².